The molecule has 1 unspecified atom stereocenters. The van der Waals surface area contributed by atoms with Gasteiger partial charge in [-0.2, -0.15) is 5.10 Å². The minimum Gasteiger partial charge on any atom is -0.331 e. The third-order valence-electron chi connectivity index (χ3n) is 7.10. The maximum absolute atomic E-state index is 13.0. The first-order valence-corrected chi connectivity index (χ1v) is 11.8. The van der Waals surface area contributed by atoms with Crippen molar-refractivity contribution in [2.24, 2.45) is 7.05 Å². The minimum atomic E-state index is -0.0114. The van der Waals surface area contributed by atoms with E-state index >= 15 is 0 Å². The van der Waals surface area contributed by atoms with Gasteiger partial charge in [0.25, 0.3) is 0 Å². The van der Waals surface area contributed by atoms with Crippen LogP contribution in [0.2, 0.25) is 0 Å². The van der Waals surface area contributed by atoms with Crippen LogP contribution in [0.25, 0.3) is 0 Å². The zero-order chi connectivity index (χ0) is 22.1. The van der Waals surface area contributed by atoms with Crippen LogP contribution >= 0.6 is 0 Å². The molecule has 1 aromatic carbocycles. The number of para-hydroxylation sites is 1. The first kappa shape index (κ1) is 21.0. The molecule has 2 aliphatic heterocycles. The third-order valence-corrected chi connectivity index (χ3v) is 7.10. The predicted octanol–water partition coefficient (Wildman–Crippen LogP) is 2.10. The van der Waals surface area contributed by atoms with Gasteiger partial charge < -0.3 is 15.1 Å². The third kappa shape index (κ3) is 4.11. The number of carbonyl (C=O) groups is 2. The molecule has 0 bridgehead atoms. The molecular formula is C24H32N6O2. The van der Waals surface area contributed by atoms with Crippen LogP contribution in [0.5, 0.6) is 0 Å². The van der Waals surface area contributed by atoms with Gasteiger partial charge in [0, 0.05) is 56.7 Å². The summed E-state index contributed by atoms with van der Waals surface area (Å²) in [4.78, 5) is 31.9. The Morgan fingerprint density at radius 1 is 1.06 bits per heavy atom. The van der Waals surface area contributed by atoms with Crippen LogP contribution < -0.4 is 10.2 Å². The molecule has 3 aliphatic rings. The molecule has 1 aromatic heterocycles. The van der Waals surface area contributed by atoms with Crippen LogP contribution in [0.1, 0.15) is 42.1 Å². The summed E-state index contributed by atoms with van der Waals surface area (Å²) in [5.74, 6) is 0.154. The van der Waals surface area contributed by atoms with Gasteiger partial charge in [-0.1, -0.05) is 18.2 Å². The Kier molecular flexibility index (Phi) is 5.87. The van der Waals surface area contributed by atoms with Crippen LogP contribution in [0.15, 0.2) is 30.5 Å². The van der Waals surface area contributed by atoms with E-state index in [0.717, 1.165) is 63.0 Å². The normalized spacial score (nSPS) is 21.1. The van der Waals surface area contributed by atoms with Gasteiger partial charge in [-0.3, -0.25) is 14.4 Å². The number of nitrogens with zero attached hydrogens (tertiary/aromatic N) is 5. The van der Waals surface area contributed by atoms with E-state index in [1.165, 1.54) is 11.3 Å². The highest BCUT2D eigenvalue weighted by molar-refractivity contribution is 5.96. The topological polar surface area (TPSA) is 73.7 Å². The molecule has 3 amide bonds. The number of rotatable bonds is 3. The molecule has 3 heterocycles. The molecule has 0 spiro atoms. The van der Waals surface area contributed by atoms with Gasteiger partial charge in [0.2, 0.25) is 5.91 Å². The Balaban J connectivity index is 1.13. The van der Waals surface area contributed by atoms with E-state index in [4.69, 9.17) is 0 Å². The molecule has 0 saturated carbocycles. The highest BCUT2D eigenvalue weighted by atomic mass is 16.2. The summed E-state index contributed by atoms with van der Waals surface area (Å²) in [6.45, 7) is 3.92. The molecule has 8 nitrogen and oxygen atoms in total. The number of aromatic nitrogens is 2. The summed E-state index contributed by atoms with van der Waals surface area (Å²) < 4.78 is 1.92. The van der Waals surface area contributed by atoms with Gasteiger partial charge in [0.05, 0.1) is 18.8 Å². The Hall–Kier alpha value is -2.87. The first-order chi connectivity index (χ1) is 15.6. The van der Waals surface area contributed by atoms with Crippen molar-refractivity contribution in [2.75, 3.05) is 44.2 Å². The van der Waals surface area contributed by atoms with Crippen molar-refractivity contribution in [3.05, 3.63) is 47.3 Å². The Labute approximate surface area is 189 Å². The van der Waals surface area contributed by atoms with E-state index in [-0.39, 0.29) is 18.0 Å². The van der Waals surface area contributed by atoms with Crippen molar-refractivity contribution in [3.63, 3.8) is 0 Å². The number of hydrogen-bond acceptors (Lipinski definition) is 4. The van der Waals surface area contributed by atoms with Crippen molar-refractivity contribution in [1.82, 2.24) is 24.9 Å². The lowest BCUT2D eigenvalue weighted by molar-refractivity contribution is -0.120. The van der Waals surface area contributed by atoms with Crippen LogP contribution in [0.4, 0.5) is 10.5 Å². The average molecular weight is 437 g/mol. The summed E-state index contributed by atoms with van der Waals surface area (Å²) >= 11 is 0. The molecule has 32 heavy (non-hydrogen) atoms. The molecule has 1 saturated heterocycles. The number of aryl methyl sites for hydroxylation is 2. The van der Waals surface area contributed by atoms with Crippen molar-refractivity contribution < 1.29 is 9.59 Å². The summed E-state index contributed by atoms with van der Waals surface area (Å²) in [5, 5.41) is 7.58. The van der Waals surface area contributed by atoms with Crippen molar-refractivity contribution in [3.8, 4) is 0 Å². The van der Waals surface area contributed by atoms with Gasteiger partial charge >= 0.3 is 6.03 Å². The Morgan fingerprint density at radius 2 is 1.88 bits per heavy atom. The van der Waals surface area contributed by atoms with E-state index in [0.29, 0.717) is 19.6 Å². The molecule has 1 aliphatic carbocycles. The second kappa shape index (κ2) is 8.94. The summed E-state index contributed by atoms with van der Waals surface area (Å²) in [6, 6.07) is 8.24. The molecule has 1 N–H and O–H groups in total. The van der Waals surface area contributed by atoms with Gasteiger partial charge in [-0.05, 0) is 43.7 Å². The number of hydrogen-bond donors (Lipinski definition) is 1. The molecule has 8 heteroatoms. The van der Waals surface area contributed by atoms with Crippen LogP contribution in [0, 0.1) is 0 Å². The number of anilines is 1. The smallest absolute Gasteiger partial charge is 0.317 e. The number of fused-ring (bicyclic) bond motifs is 2. The van der Waals surface area contributed by atoms with Gasteiger partial charge in [-0.25, -0.2) is 4.79 Å². The lowest BCUT2D eigenvalue weighted by atomic mass is 9.93. The number of urea groups is 1. The molecule has 1 fully saturated rings. The van der Waals surface area contributed by atoms with E-state index in [1.807, 2.05) is 45.9 Å². The number of piperazine rings is 1. The Bertz CT molecular complexity index is 994. The number of amides is 3. The predicted molar refractivity (Wildman–Crippen MR) is 123 cm³/mol. The lowest BCUT2D eigenvalue weighted by Crippen LogP contribution is -2.54. The largest absolute Gasteiger partial charge is 0.331 e. The number of carbonyl (C=O) groups excluding carboxylic acids is 2. The van der Waals surface area contributed by atoms with Gasteiger partial charge in [0.15, 0.2) is 0 Å². The molecule has 2 aromatic rings. The maximum Gasteiger partial charge on any atom is 0.317 e. The Morgan fingerprint density at radius 3 is 2.72 bits per heavy atom. The summed E-state index contributed by atoms with van der Waals surface area (Å²) in [7, 11) is 1.96. The van der Waals surface area contributed by atoms with Crippen molar-refractivity contribution >= 4 is 17.6 Å². The van der Waals surface area contributed by atoms with E-state index in [9.17, 15) is 9.59 Å². The van der Waals surface area contributed by atoms with Crippen molar-refractivity contribution in [1.29, 1.82) is 0 Å². The highest BCUT2D eigenvalue weighted by Crippen LogP contribution is 2.29. The van der Waals surface area contributed by atoms with Crippen LogP contribution in [-0.2, 0) is 24.7 Å². The fourth-order valence-corrected chi connectivity index (χ4v) is 5.27. The monoisotopic (exact) mass is 436 g/mol. The molecule has 170 valence electrons. The van der Waals surface area contributed by atoms with Crippen LogP contribution in [-0.4, -0.2) is 70.8 Å². The lowest BCUT2D eigenvalue weighted by Gasteiger charge is -2.37. The second-order valence-electron chi connectivity index (χ2n) is 9.11. The molecule has 5 rings (SSSR count). The molecule has 1 atom stereocenters. The summed E-state index contributed by atoms with van der Waals surface area (Å²) in [6.07, 6.45) is 6.98. The number of nitrogens with one attached hydrogen (secondary N) is 1. The fraction of sp³-hybridized carbons (Fsp3) is 0.542. The van der Waals surface area contributed by atoms with Crippen molar-refractivity contribution in [2.45, 2.75) is 38.1 Å². The van der Waals surface area contributed by atoms with Gasteiger partial charge in [0.1, 0.15) is 0 Å². The first-order valence-electron chi connectivity index (χ1n) is 11.8. The molecule has 0 radical (unpaired) electrons. The van der Waals surface area contributed by atoms with E-state index < -0.39 is 0 Å². The van der Waals surface area contributed by atoms with Crippen LogP contribution in [0.3, 0.4) is 0 Å². The maximum atomic E-state index is 13.0. The molecular weight excluding hydrogens is 404 g/mol. The second-order valence-corrected chi connectivity index (χ2v) is 9.11. The highest BCUT2D eigenvalue weighted by Gasteiger charge is 2.29. The minimum absolute atomic E-state index is 0.0114. The van der Waals surface area contributed by atoms with Gasteiger partial charge in [-0.15, -0.1) is 0 Å². The standard InChI is InChI=1S/C24H32N6O2/c1-27-22-10-4-8-20(19(22)16-25-27)26-24(32)29-14-12-28(13-15-29)17-23(31)30-11-5-7-18-6-2-3-9-21(18)30/h2-3,6,9,16,20H,4-5,7-8,10-15,17H2,1H3,(H,26,32). The van der Waals surface area contributed by atoms with E-state index in [2.05, 4.69) is 21.4 Å². The zero-order valence-electron chi connectivity index (χ0n) is 18.8. The SMILES string of the molecule is Cn1ncc2c1CCCC2NC(=O)N1CCN(CC(=O)N2CCCc3ccccc32)CC1. The van der Waals surface area contributed by atoms with E-state index in [1.54, 1.807) is 0 Å². The zero-order valence-corrected chi connectivity index (χ0v) is 18.8. The number of benzene rings is 1. The quantitative estimate of drug-likeness (QED) is 0.800. The summed E-state index contributed by atoms with van der Waals surface area (Å²) in [5.41, 5.74) is 4.69. The fourth-order valence-electron chi connectivity index (χ4n) is 5.27. The average Bonchev–Trinajstić information content (AvgIpc) is 3.21.